The van der Waals surface area contributed by atoms with E-state index in [9.17, 15) is 8.42 Å². The van der Waals surface area contributed by atoms with Gasteiger partial charge >= 0.3 is 0 Å². The summed E-state index contributed by atoms with van der Waals surface area (Å²) < 4.78 is 27.2. The Hall–Kier alpha value is -1.79. The number of nitrogens with zero attached hydrogens (tertiary/aromatic N) is 3. The molecule has 0 atom stereocenters. The lowest BCUT2D eigenvalue weighted by atomic mass is 10.4. The normalized spacial score (nSPS) is 11.8. The van der Waals surface area contributed by atoms with Gasteiger partial charge in [-0.3, -0.25) is 0 Å². The van der Waals surface area contributed by atoms with Crippen LogP contribution in [0.4, 0.5) is 0 Å². The summed E-state index contributed by atoms with van der Waals surface area (Å²) in [6.07, 6.45) is 5.48. The van der Waals surface area contributed by atoms with Crippen LogP contribution < -0.4 is 0 Å². The van der Waals surface area contributed by atoms with E-state index in [2.05, 4.69) is 14.4 Å². The van der Waals surface area contributed by atoms with Crippen LogP contribution in [0.1, 0.15) is 5.56 Å². The smallest absolute Gasteiger partial charge is 0.244 e. The van der Waals surface area contributed by atoms with Crippen molar-refractivity contribution in [2.75, 3.05) is 0 Å². The van der Waals surface area contributed by atoms with E-state index in [1.165, 1.54) is 49.2 Å². The minimum Gasteiger partial charge on any atom is -0.244 e. The monoisotopic (exact) mass is 281 g/mol. The maximum Gasteiger partial charge on any atom is 0.282 e. The van der Waals surface area contributed by atoms with E-state index in [0.29, 0.717) is 10.6 Å². The SMILES string of the molecule is O=S(=O)(N=Cc1cncnc1)c1ccc(Cl)cc1. The molecule has 0 fully saturated rings. The van der Waals surface area contributed by atoms with Gasteiger partial charge in [0, 0.05) is 23.0 Å². The molecule has 0 saturated carbocycles. The van der Waals surface area contributed by atoms with Gasteiger partial charge in [0.15, 0.2) is 0 Å². The van der Waals surface area contributed by atoms with E-state index >= 15 is 0 Å². The highest BCUT2D eigenvalue weighted by molar-refractivity contribution is 7.90. The lowest BCUT2D eigenvalue weighted by Gasteiger charge is -1.98. The van der Waals surface area contributed by atoms with E-state index < -0.39 is 10.0 Å². The van der Waals surface area contributed by atoms with Crippen LogP contribution in [0.3, 0.4) is 0 Å². The van der Waals surface area contributed by atoms with Crippen LogP contribution in [-0.2, 0) is 10.0 Å². The van der Waals surface area contributed by atoms with Crippen LogP contribution in [0.15, 0.2) is 52.3 Å². The first-order chi connectivity index (χ1) is 8.58. The summed E-state index contributed by atoms with van der Waals surface area (Å²) in [5.74, 6) is 0. The first-order valence-electron chi connectivity index (χ1n) is 4.89. The molecule has 0 aliphatic carbocycles. The summed E-state index contributed by atoms with van der Waals surface area (Å²) in [4.78, 5) is 7.59. The predicted octanol–water partition coefficient (Wildman–Crippen LogP) is 1.94. The van der Waals surface area contributed by atoms with Crippen molar-refractivity contribution in [2.24, 2.45) is 4.40 Å². The zero-order valence-corrected chi connectivity index (χ0v) is 10.6. The fraction of sp³-hybridized carbons (Fsp3) is 0. The average molecular weight is 282 g/mol. The Bertz CT molecular complexity index is 654. The first kappa shape index (κ1) is 12.7. The van der Waals surface area contributed by atoms with E-state index in [4.69, 9.17) is 11.6 Å². The molecule has 0 saturated heterocycles. The highest BCUT2D eigenvalue weighted by atomic mass is 35.5. The fourth-order valence-electron chi connectivity index (χ4n) is 1.17. The summed E-state index contributed by atoms with van der Waals surface area (Å²) in [6, 6.07) is 5.79. The van der Waals surface area contributed by atoms with E-state index in [1.54, 1.807) is 0 Å². The third-order valence-electron chi connectivity index (χ3n) is 2.03. The van der Waals surface area contributed by atoms with Crippen molar-refractivity contribution < 1.29 is 8.42 Å². The van der Waals surface area contributed by atoms with Crippen molar-refractivity contribution in [3.63, 3.8) is 0 Å². The van der Waals surface area contributed by atoms with Gasteiger partial charge in [0.1, 0.15) is 6.33 Å². The van der Waals surface area contributed by atoms with Gasteiger partial charge in [-0.2, -0.15) is 12.8 Å². The molecule has 0 amide bonds. The first-order valence-corrected chi connectivity index (χ1v) is 6.71. The molecule has 92 valence electrons. The van der Waals surface area contributed by atoms with Crippen LogP contribution in [-0.4, -0.2) is 24.6 Å². The minimum absolute atomic E-state index is 0.0833. The highest BCUT2D eigenvalue weighted by Crippen LogP contribution is 2.15. The van der Waals surface area contributed by atoms with Gasteiger partial charge in [-0.05, 0) is 24.3 Å². The molecule has 2 aromatic rings. The molecule has 0 aliphatic heterocycles. The Morgan fingerprint density at radius 1 is 1.11 bits per heavy atom. The maximum absolute atomic E-state index is 11.8. The van der Waals surface area contributed by atoms with Crippen molar-refractivity contribution in [3.8, 4) is 0 Å². The van der Waals surface area contributed by atoms with E-state index in [0.717, 1.165) is 0 Å². The Morgan fingerprint density at radius 2 is 1.72 bits per heavy atom. The molecule has 0 spiro atoms. The van der Waals surface area contributed by atoms with Crippen molar-refractivity contribution in [1.82, 2.24) is 9.97 Å². The number of benzene rings is 1. The topological polar surface area (TPSA) is 72.3 Å². The molecule has 0 radical (unpaired) electrons. The third kappa shape index (κ3) is 3.12. The summed E-state index contributed by atoms with van der Waals surface area (Å²) in [5.41, 5.74) is 0.509. The number of halogens is 1. The van der Waals surface area contributed by atoms with Crippen LogP contribution in [0.2, 0.25) is 5.02 Å². The zero-order chi connectivity index (χ0) is 13.0. The molecule has 0 unspecified atom stereocenters. The number of aromatic nitrogens is 2. The van der Waals surface area contributed by atoms with Crippen molar-refractivity contribution in [3.05, 3.63) is 53.6 Å². The Kier molecular flexibility index (Phi) is 3.69. The predicted molar refractivity (Wildman–Crippen MR) is 68.3 cm³/mol. The van der Waals surface area contributed by atoms with Crippen LogP contribution in [0.25, 0.3) is 0 Å². The highest BCUT2D eigenvalue weighted by Gasteiger charge is 2.10. The van der Waals surface area contributed by atoms with E-state index in [-0.39, 0.29) is 4.90 Å². The van der Waals surface area contributed by atoms with Crippen LogP contribution in [0.5, 0.6) is 0 Å². The third-order valence-corrected chi connectivity index (χ3v) is 3.54. The van der Waals surface area contributed by atoms with Gasteiger partial charge in [0.05, 0.1) is 11.1 Å². The molecule has 7 heteroatoms. The van der Waals surface area contributed by atoms with E-state index in [1.807, 2.05) is 0 Å². The van der Waals surface area contributed by atoms with Gasteiger partial charge in [-0.15, -0.1) is 0 Å². The van der Waals surface area contributed by atoms with Crippen molar-refractivity contribution >= 4 is 27.8 Å². The molecular formula is C11H8ClN3O2S. The molecule has 0 aliphatic rings. The summed E-state index contributed by atoms with van der Waals surface area (Å²) >= 11 is 5.68. The molecule has 1 heterocycles. The second-order valence-corrected chi connectivity index (χ2v) is 5.40. The lowest BCUT2D eigenvalue weighted by Crippen LogP contribution is -1.97. The molecule has 0 N–H and O–H groups in total. The summed E-state index contributed by atoms with van der Waals surface area (Å²) in [6.45, 7) is 0. The minimum atomic E-state index is -3.72. The quantitative estimate of drug-likeness (QED) is 0.806. The van der Waals surface area contributed by atoms with Crippen LogP contribution >= 0.6 is 11.6 Å². The van der Waals surface area contributed by atoms with Gasteiger partial charge in [-0.25, -0.2) is 9.97 Å². The zero-order valence-electron chi connectivity index (χ0n) is 9.06. The fourth-order valence-corrected chi connectivity index (χ4v) is 2.16. The standard InChI is InChI=1S/C11H8ClN3O2S/c12-10-1-3-11(4-2-10)18(16,17)15-7-9-5-13-8-14-6-9/h1-8H. The number of hydrogen-bond acceptors (Lipinski definition) is 4. The largest absolute Gasteiger partial charge is 0.282 e. The van der Waals surface area contributed by atoms with Crippen LogP contribution in [0, 0.1) is 0 Å². The second-order valence-electron chi connectivity index (χ2n) is 3.34. The van der Waals surface area contributed by atoms with Crippen molar-refractivity contribution in [2.45, 2.75) is 4.90 Å². The van der Waals surface area contributed by atoms with Gasteiger partial charge in [-0.1, -0.05) is 11.6 Å². The van der Waals surface area contributed by atoms with Crippen molar-refractivity contribution in [1.29, 1.82) is 0 Å². The van der Waals surface area contributed by atoms with Gasteiger partial charge in [0.25, 0.3) is 10.0 Å². The maximum atomic E-state index is 11.8. The molecule has 2 rings (SSSR count). The van der Waals surface area contributed by atoms with Gasteiger partial charge < -0.3 is 0 Å². The average Bonchev–Trinajstić information content (AvgIpc) is 2.38. The molecule has 5 nitrogen and oxygen atoms in total. The number of sulfonamides is 1. The summed E-state index contributed by atoms with van der Waals surface area (Å²) in [7, 11) is -3.72. The molecule has 1 aromatic carbocycles. The Morgan fingerprint density at radius 3 is 2.33 bits per heavy atom. The molecular weight excluding hydrogens is 274 g/mol. The second kappa shape index (κ2) is 5.24. The van der Waals surface area contributed by atoms with Gasteiger partial charge in [0.2, 0.25) is 0 Å². The Labute approximate surface area is 109 Å². The number of hydrogen-bond donors (Lipinski definition) is 0. The lowest BCUT2D eigenvalue weighted by molar-refractivity contribution is 0.598. The molecule has 1 aromatic heterocycles. The summed E-state index contributed by atoms with van der Waals surface area (Å²) in [5, 5.41) is 0.467. The molecule has 18 heavy (non-hydrogen) atoms. The molecule has 0 bridgehead atoms. The number of rotatable bonds is 3. The Balaban J connectivity index is 2.28.